The van der Waals surface area contributed by atoms with Crippen LogP contribution in [0.15, 0.2) is 11.1 Å². The minimum atomic E-state index is 0.184. The van der Waals surface area contributed by atoms with Gasteiger partial charge < -0.3 is 11.5 Å². The number of nitrogens with two attached hydrogens (primary N) is 2. The quantitative estimate of drug-likeness (QED) is 0.488. The van der Waals surface area contributed by atoms with Gasteiger partial charge in [0.2, 0.25) is 0 Å². The van der Waals surface area contributed by atoms with Gasteiger partial charge in [0.25, 0.3) is 0 Å². The molecule has 1 rings (SSSR count). The van der Waals surface area contributed by atoms with Crippen molar-refractivity contribution in [3.05, 3.63) is 11.1 Å². The molecule has 0 heterocycles. The van der Waals surface area contributed by atoms with E-state index in [0.717, 1.165) is 12.8 Å². The summed E-state index contributed by atoms with van der Waals surface area (Å²) in [6, 6.07) is 0.368. The Morgan fingerprint density at radius 1 is 1.00 bits per heavy atom. The molecule has 0 saturated carbocycles. The van der Waals surface area contributed by atoms with Crippen LogP contribution in [0.25, 0.3) is 0 Å². The Morgan fingerprint density at radius 2 is 1.30 bits per heavy atom. The molecule has 0 aromatic carbocycles. The van der Waals surface area contributed by atoms with Crippen LogP contribution in [-0.2, 0) is 0 Å². The second-order valence-corrected chi connectivity index (χ2v) is 3.30. The molecule has 0 saturated heterocycles. The largest absolute Gasteiger partial charge is 0.326 e. The number of hydrogen-bond donors (Lipinski definition) is 2. The van der Waals surface area contributed by atoms with Crippen molar-refractivity contribution < 1.29 is 0 Å². The Morgan fingerprint density at radius 3 is 1.60 bits per heavy atom. The molecular formula is C8H16N2. The van der Waals surface area contributed by atoms with Gasteiger partial charge in [-0.3, -0.25) is 0 Å². The van der Waals surface area contributed by atoms with Gasteiger partial charge in [-0.25, -0.2) is 0 Å². The van der Waals surface area contributed by atoms with E-state index in [0.29, 0.717) is 0 Å². The van der Waals surface area contributed by atoms with E-state index in [4.69, 9.17) is 11.5 Å². The van der Waals surface area contributed by atoms with Crippen molar-refractivity contribution in [3.8, 4) is 0 Å². The molecule has 0 aliphatic heterocycles. The highest BCUT2D eigenvalue weighted by molar-refractivity contribution is 5.17. The molecule has 0 amide bonds. The van der Waals surface area contributed by atoms with Gasteiger partial charge in [0, 0.05) is 12.1 Å². The molecule has 0 aromatic rings. The Labute approximate surface area is 62.3 Å². The summed E-state index contributed by atoms with van der Waals surface area (Å²) in [5, 5.41) is 0. The standard InChI is InChI=1S/C8H16N2/c1-5-3-7(9)8(10)4-6(5)2/h7-8H,3-4,9-10H2,1-2H3. The summed E-state index contributed by atoms with van der Waals surface area (Å²) in [6.07, 6.45) is 1.96. The van der Waals surface area contributed by atoms with Crippen molar-refractivity contribution in [2.75, 3.05) is 0 Å². The fourth-order valence-corrected chi connectivity index (χ4v) is 1.36. The van der Waals surface area contributed by atoms with Gasteiger partial charge in [0.1, 0.15) is 0 Å². The van der Waals surface area contributed by atoms with E-state index >= 15 is 0 Å². The molecule has 2 atom stereocenters. The van der Waals surface area contributed by atoms with Gasteiger partial charge >= 0.3 is 0 Å². The summed E-state index contributed by atoms with van der Waals surface area (Å²) in [5.41, 5.74) is 14.4. The zero-order valence-corrected chi connectivity index (χ0v) is 6.72. The molecule has 10 heavy (non-hydrogen) atoms. The van der Waals surface area contributed by atoms with E-state index in [1.807, 2.05) is 0 Å². The first-order valence-electron chi connectivity index (χ1n) is 3.77. The highest BCUT2D eigenvalue weighted by Crippen LogP contribution is 2.21. The second kappa shape index (κ2) is 2.72. The summed E-state index contributed by atoms with van der Waals surface area (Å²) in [7, 11) is 0. The lowest BCUT2D eigenvalue weighted by Crippen LogP contribution is -2.43. The fraction of sp³-hybridized carbons (Fsp3) is 0.750. The molecule has 1 aliphatic carbocycles. The highest BCUT2D eigenvalue weighted by Gasteiger charge is 2.19. The van der Waals surface area contributed by atoms with Crippen LogP contribution in [-0.4, -0.2) is 12.1 Å². The van der Waals surface area contributed by atoms with E-state index in [-0.39, 0.29) is 12.1 Å². The van der Waals surface area contributed by atoms with Crippen LogP contribution in [0.5, 0.6) is 0 Å². The van der Waals surface area contributed by atoms with Crippen molar-refractivity contribution in [3.63, 3.8) is 0 Å². The molecule has 4 N–H and O–H groups in total. The van der Waals surface area contributed by atoms with Crippen molar-refractivity contribution in [2.45, 2.75) is 38.8 Å². The molecule has 0 spiro atoms. The van der Waals surface area contributed by atoms with E-state index in [2.05, 4.69) is 13.8 Å². The van der Waals surface area contributed by atoms with Crippen LogP contribution in [0, 0.1) is 0 Å². The summed E-state index contributed by atoms with van der Waals surface area (Å²) in [6.45, 7) is 4.28. The van der Waals surface area contributed by atoms with Crippen LogP contribution >= 0.6 is 0 Å². The van der Waals surface area contributed by atoms with Crippen molar-refractivity contribution in [2.24, 2.45) is 11.5 Å². The van der Waals surface area contributed by atoms with Crippen LogP contribution in [0.1, 0.15) is 26.7 Å². The Balaban J connectivity index is 2.69. The lowest BCUT2D eigenvalue weighted by atomic mass is 9.87. The predicted molar refractivity (Wildman–Crippen MR) is 43.6 cm³/mol. The SMILES string of the molecule is CC1=C(C)CC(N)C(N)C1. The maximum atomic E-state index is 5.77. The maximum absolute atomic E-state index is 5.77. The summed E-state index contributed by atoms with van der Waals surface area (Å²) < 4.78 is 0. The van der Waals surface area contributed by atoms with Gasteiger partial charge in [-0.05, 0) is 26.7 Å². The zero-order valence-electron chi connectivity index (χ0n) is 6.72. The molecule has 2 nitrogen and oxygen atoms in total. The first kappa shape index (κ1) is 7.76. The van der Waals surface area contributed by atoms with E-state index in [1.54, 1.807) is 0 Å². The molecule has 0 radical (unpaired) electrons. The predicted octanol–water partition coefficient (Wildman–Crippen LogP) is 0.771. The zero-order chi connectivity index (χ0) is 7.72. The van der Waals surface area contributed by atoms with Crippen molar-refractivity contribution in [1.29, 1.82) is 0 Å². The van der Waals surface area contributed by atoms with Crippen LogP contribution in [0.3, 0.4) is 0 Å². The molecule has 2 heteroatoms. The highest BCUT2D eigenvalue weighted by atomic mass is 14.8. The Kier molecular flexibility index (Phi) is 2.11. The normalized spacial score (nSPS) is 34.8. The first-order valence-corrected chi connectivity index (χ1v) is 3.77. The average Bonchev–Trinajstić information content (AvgIpc) is 1.84. The van der Waals surface area contributed by atoms with Crippen molar-refractivity contribution >= 4 is 0 Å². The topological polar surface area (TPSA) is 52.0 Å². The first-order chi connectivity index (χ1) is 4.61. The second-order valence-electron chi connectivity index (χ2n) is 3.30. The van der Waals surface area contributed by atoms with Crippen LogP contribution in [0.4, 0.5) is 0 Å². The molecule has 0 aromatic heterocycles. The molecule has 0 fully saturated rings. The molecule has 58 valence electrons. The molecule has 0 bridgehead atoms. The van der Waals surface area contributed by atoms with Gasteiger partial charge in [0.05, 0.1) is 0 Å². The summed E-state index contributed by atoms with van der Waals surface area (Å²) in [4.78, 5) is 0. The van der Waals surface area contributed by atoms with Crippen molar-refractivity contribution in [1.82, 2.24) is 0 Å². The monoisotopic (exact) mass is 140 g/mol. The molecular weight excluding hydrogens is 124 g/mol. The summed E-state index contributed by atoms with van der Waals surface area (Å²) in [5.74, 6) is 0. The van der Waals surface area contributed by atoms with Gasteiger partial charge in [-0.1, -0.05) is 11.1 Å². The van der Waals surface area contributed by atoms with Crippen LogP contribution < -0.4 is 11.5 Å². The third kappa shape index (κ3) is 1.39. The molecule has 2 unspecified atom stereocenters. The van der Waals surface area contributed by atoms with E-state index < -0.39 is 0 Å². The lowest BCUT2D eigenvalue weighted by Gasteiger charge is -2.27. The van der Waals surface area contributed by atoms with Gasteiger partial charge in [-0.2, -0.15) is 0 Å². The number of rotatable bonds is 0. The Bertz CT molecular complexity index is 143. The third-order valence-corrected chi connectivity index (χ3v) is 2.36. The van der Waals surface area contributed by atoms with Gasteiger partial charge in [-0.15, -0.1) is 0 Å². The van der Waals surface area contributed by atoms with E-state index in [1.165, 1.54) is 11.1 Å². The van der Waals surface area contributed by atoms with Crippen LogP contribution in [0.2, 0.25) is 0 Å². The molecule has 1 aliphatic rings. The maximum Gasteiger partial charge on any atom is 0.0233 e. The fourth-order valence-electron chi connectivity index (χ4n) is 1.36. The third-order valence-electron chi connectivity index (χ3n) is 2.36. The average molecular weight is 140 g/mol. The minimum Gasteiger partial charge on any atom is -0.326 e. The number of hydrogen-bond acceptors (Lipinski definition) is 2. The van der Waals surface area contributed by atoms with E-state index in [9.17, 15) is 0 Å². The Hall–Kier alpha value is -0.340. The lowest BCUT2D eigenvalue weighted by molar-refractivity contribution is 0.488. The summed E-state index contributed by atoms with van der Waals surface area (Å²) >= 11 is 0. The smallest absolute Gasteiger partial charge is 0.0233 e. The van der Waals surface area contributed by atoms with Gasteiger partial charge in [0.15, 0.2) is 0 Å². The minimum absolute atomic E-state index is 0.184.